The van der Waals surface area contributed by atoms with Crippen molar-refractivity contribution in [2.24, 2.45) is 0 Å². The first-order valence-corrected chi connectivity index (χ1v) is 5.85. The highest BCUT2D eigenvalue weighted by molar-refractivity contribution is 5.62. The van der Waals surface area contributed by atoms with Gasteiger partial charge in [-0.1, -0.05) is 0 Å². The Hall–Kier alpha value is -2.67. The van der Waals surface area contributed by atoms with Crippen LogP contribution < -0.4 is 15.4 Å². The Kier molecular flexibility index (Phi) is 3.58. The Balaban J connectivity index is 2.27. The van der Waals surface area contributed by atoms with Gasteiger partial charge in [0.25, 0.3) is 0 Å². The van der Waals surface area contributed by atoms with Crippen molar-refractivity contribution >= 4 is 11.4 Å². The molecule has 0 bridgehead atoms. The van der Waals surface area contributed by atoms with E-state index in [2.05, 4.69) is 6.07 Å². The van der Waals surface area contributed by atoms with Crippen LogP contribution in [0.1, 0.15) is 5.56 Å². The minimum Gasteiger partial charge on any atom is -0.455 e. The summed E-state index contributed by atoms with van der Waals surface area (Å²) in [5.41, 5.74) is 8.09. The van der Waals surface area contributed by atoms with Gasteiger partial charge in [0.1, 0.15) is 5.75 Å². The highest BCUT2D eigenvalue weighted by atomic mass is 16.5. The first kappa shape index (κ1) is 12.8. The molecule has 4 nitrogen and oxygen atoms in total. The van der Waals surface area contributed by atoms with Gasteiger partial charge in [-0.2, -0.15) is 5.26 Å². The molecular formula is C15H15N3O. The van der Waals surface area contributed by atoms with E-state index in [0.29, 0.717) is 22.7 Å². The van der Waals surface area contributed by atoms with Crippen LogP contribution in [0.3, 0.4) is 0 Å². The lowest BCUT2D eigenvalue weighted by Crippen LogP contribution is -2.08. The summed E-state index contributed by atoms with van der Waals surface area (Å²) in [5, 5.41) is 8.74. The molecule has 4 heteroatoms. The topological polar surface area (TPSA) is 62.3 Å². The third-order valence-corrected chi connectivity index (χ3v) is 2.72. The van der Waals surface area contributed by atoms with E-state index in [1.165, 1.54) is 0 Å². The van der Waals surface area contributed by atoms with E-state index >= 15 is 0 Å². The molecule has 0 amide bonds. The molecule has 19 heavy (non-hydrogen) atoms. The number of rotatable bonds is 3. The van der Waals surface area contributed by atoms with Crippen molar-refractivity contribution in [1.29, 1.82) is 5.26 Å². The minimum absolute atomic E-state index is 0.579. The van der Waals surface area contributed by atoms with Gasteiger partial charge in [-0.3, -0.25) is 0 Å². The fraction of sp³-hybridized carbons (Fsp3) is 0.133. The van der Waals surface area contributed by atoms with E-state index in [9.17, 15) is 0 Å². The van der Waals surface area contributed by atoms with Gasteiger partial charge in [-0.25, -0.2) is 0 Å². The van der Waals surface area contributed by atoms with Crippen LogP contribution in [0.2, 0.25) is 0 Å². The van der Waals surface area contributed by atoms with Crippen molar-refractivity contribution in [1.82, 2.24) is 0 Å². The molecule has 0 aliphatic heterocycles. The molecule has 0 aliphatic carbocycles. The quantitative estimate of drug-likeness (QED) is 0.854. The monoisotopic (exact) mass is 253 g/mol. The van der Waals surface area contributed by atoms with Gasteiger partial charge in [-0.05, 0) is 36.4 Å². The average molecular weight is 253 g/mol. The van der Waals surface area contributed by atoms with Crippen LogP contribution in [0.25, 0.3) is 0 Å². The molecule has 0 unspecified atom stereocenters. The zero-order valence-corrected chi connectivity index (χ0v) is 10.9. The molecular weight excluding hydrogens is 238 g/mol. The van der Waals surface area contributed by atoms with E-state index < -0.39 is 0 Å². The second kappa shape index (κ2) is 5.32. The summed E-state index contributed by atoms with van der Waals surface area (Å²) in [7, 11) is 3.91. The minimum atomic E-state index is 0.579. The van der Waals surface area contributed by atoms with E-state index in [-0.39, 0.29) is 0 Å². The average Bonchev–Trinajstić information content (AvgIpc) is 2.42. The largest absolute Gasteiger partial charge is 0.455 e. The van der Waals surface area contributed by atoms with E-state index in [4.69, 9.17) is 15.7 Å². The third kappa shape index (κ3) is 2.96. The molecule has 0 heterocycles. The van der Waals surface area contributed by atoms with Crippen LogP contribution in [0.5, 0.6) is 11.5 Å². The Bertz CT molecular complexity index is 612. The summed E-state index contributed by atoms with van der Waals surface area (Å²) in [6.07, 6.45) is 0. The van der Waals surface area contributed by atoms with Crippen LogP contribution in [0.15, 0.2) is 42.5 Å². The molecule has 96 valence electrons. The molecule has 0 saturated heterocycles. The maximum absolute atomic E-state index is 8.74. The molecule has 0 atom stereocenters. The lowest BCUT2D eigenvalue weighted by molar-refractivity contribution is 0.485. The van der Waals surface area contributed by atoms with Crippen LogP contribution in [0.4, 0.5) is 11.4 Å². The molecule has 0 saturated carbocycles. The number of nitrogen functional groups attached to an aromatic ring is 1. The van der Waals surface area contributed by atoms with Gasteiger partial charge in [0.15, 0.2) is 5.75 Å². The first-order chi connectivity index (χ1) is 9.10. The number of nitrogens with two attached hydrogens (primary N) is 1. The van der Waals surface area contributed by atoms with Gasteiger partial charge in [0.2, 0.25) is 0 Å². The fourth-order valence-electron chi connectivity index (χ4n) is 1.61. The number of nitriles is 1. The van der Waals surface area contributed by atoms with Gasteiger partial charge in [0, 0.05) is 25.8 Å². The van der Waals surface area contributed by atoms with Gasteiger partial charge in [0.05, 0.1) is 17.3 Å². The van der Waals surface area contributed by atoms with Crippen molar-refractivity contribution < 1.29 is 4.74 Å². The Morgan fingerprint density at radius 2 is 1.79 bits per heavy atom. The lowest BCUT2D eigenvalue weighted by Gasteiger charge is -2.15. The molecule has 2 aromatic carbocycles. The third-order valence-electron chi connectivity index (χ3n) is 2.72. The predicted octanol–water partition coefficient (Wildman–Crippen LogP) is 3.00. The van der Waals surface area contributed by atoms with Crippen molar-refractivity contribution in [2.45, 2.75) is 0 Å². The van der Waals surface area contributed by atoms with Crippen LogP contribution in [-0.2, 0) is 0 Å². The standard InChI is InChI=1S/C15H15N3O/c1-18(2)12-5-8-14(17)15(9-12)19-13-6-3-11(10-16)4-7-13/h3-9H,17H2,1-2H3. The second-order valence-corrected chi connectivity index (χ2v) is 4.35. The van der Waals surface area contributed by atoms with E-state index in [1.54, 1.807) is 24.3 Å². The number of ether oxygens (including phenoxy) is 1. The molecule has 0 radical (unpaired) electrons. The Morgan fingerprint density at radius 1 is 1.11 bits per heavy atom. The molecule has 0 aliphatic rings. The van der Waals surface area contributed by atoms with Crippen molar-refractivity contribution in [3.63, 3.8) is 0 Å². The summed E-state index contributed by atoms with van der Waals surface area (Å²) < 4.78 is 5.74. The molecule has 2 N–H and O–H groups in total. The molecule has 2 aromatic rings. The summed E-state index contributed by atoms with van der Waals surface area (Å²) >= 11 is 0. The molecule has 2 rings (SSSR count). The number of nitrogens with zero attached hydrogens (tertiary/aromatic N) is 2. The maximum Gasteiger partial charge on any atom is 0.152 e. The van der Waals surface area contributed by atoms with Gasteiger partial charge < -0.3 is 15.4 Å². The van der Waals surface area contributed by atoms with Crippen molar-refractivity contribution in [2.75, 3.05) is 24.7 Å². The van der Waals surface area contributed by atoms with E-state index in [0.717, 1.165) is 5.69 Å². The number of anilines is 2. The number of hydrogen-bond acceptors (Lipinski definition) is 4. The van der Waals surface area contributed by atoms with Crippen molar-refractivity contribution in [3.05, 3.63) is 48.0 Å². The second-order valence-electron chi connectivity index (χ2n) is 4.35. The number of hydrogen-bond donors (Lipinski definition) is 1. The highest BCUT2D eigenvalue weighted by Gasteiger charge is 2.05. The van der Waals surface area contributed by atoms with Gasteiger partial charge >= 0.3 is 0 Å². The Labute approximate surface area is 112 Å². The smallest absolute Gasteiger partial charge is 0.152 e. The van der Waals surface area contributed by atoms with E-state index in [1.807, 2.05) is 37.2 Å². The summed E-state index contributed by atoms with van der Waals surface area (Å²) in [6, 6.07) is 14.6. The Morgan fingerprint density at radius 3 is 2.37 bits per heavy atom. The van der Waals surface area contributed by atoms with Crippen LogP contribution in [0, 0.1) is 11.3 Å². The highest BCUT2D eigenvalue weighted by Crippen LogP contribution is 2.31. The maximum atomic E-state index is 8.74. The van der Waals surface area contributed by atoms with Crippen LogP contribution >= 0.6 is 0 Å². The predicted molar refractivity (Wildman–Crippen MR) is 76.4 cm³/mol. The summed E-state index contributed by atoms with van der Waals surface area (Å²) in [5.74, 6) is 1.26. The normalized spacial score (nSPS) is 9.74. The summed E-state index contributed by atoms with van der Waals surface area (Å²) in [6.45, 7) is 0. The zero-order chi connectivity index (χ0) is 13.8. The molecule has 0 fully saturated rings. The van der Waals surface area contributed by atoms with Crippen LogP contribution in [-0.4, -0.2) is 14.1 Å². The molecule has 0 spiro atoms. The summed E-state index contributed by atoms with van der Waals surface area (Å²) in [4.78, 5) is 1.98. The number of benzene rings is 2. The van der Waals surface area contributed by atoms with Crippen molar-refractivity contribution in [3.8, 4) is 17.6 Å². The van der Waals surface area contributed by atoms with Gasteiger partial charge in [-0.15, -0.1) is 0 Å². The molecule has 0 aromatic heterocycles. The zero-order valence-electron chi connectivity index (χ0n) is 10.9. The fourth-order valence-corrected chi connectivity index (χ4v) is 1.61. The lowest BCUT2D eigenvalue weighted by atomic mass is 10.2. The SMILES string of the molecule is CN(C)c1ccc(N)c(Oc2ccc(C#N)cc2)c1. The first-order valence-electron chi connectivity index (χ1n) is 5.85.